The second-order valence-corrected chi connectivity index (χ2v) is 4.94. The Labute approximate surface area is 136 Å². The van der Waals surface area contributed by atoms with Gasteiger partial charge in [0, 0.05) is 5.69 Å². The van der Waals surface area contributed by atoms with Crippen LogP contribution in [0.3, 0.4) is 0 Å². The quantitative estimate of drug-likeness (QED) is 0.795. The number of carbonyl (C=O) groups is 1. The van der Waals surface area contributed by atoms with E-state index in [2.05, 4.69) is 15.5 Å². The van der Waals surface area contributed by atoms with Crippen LogP contribution in [-0.4, -0.2) is 16.1 Å². The summed E-state index contributed by atoms with van der Waals surface area (Å²) in [5.41, 5.74) is 1.58. The van der Waals surface area contributed by atoms with Crippen LogP contribution in [0.5, 0.6) is 0 Å². The molecule has 0 bridgehead atoms. The van der Waals surface area contributed by atoms with Crippen LogP contribution in [0.2, 0.25) is 5.02 Å². The molecule has 0 radical (unpaired) electrons. The first-order chi connectivity index (χ1) is 11.2. The van der Waals surface area contributed by atoms with Gasteiger partial charge < -0.3 is 9.73 Å². The summed E-state index contributed by atoms with van der Waals surface area (Å²) in [6.07, 6.45) is 0. The lowest BCUT2D eigenvalue weighted by Gasteiger charge is -2.01. The Kier molecular flexibility index (Phi) is 4.04. The topological polar surface area (TPSA) is 91.8 Å². The van der Waals surface area contributed by atoms with Gasteiger partial charge in [-0.05, 0) is 36.4 Å². The van der Waals surface area contributed by atoms with Gasteiger partial charge in [-0.1, -0.05) is 23.7 Å². The number of halogens is 1. The Bertz CT molecular complexity index is 897. The maximum absolute atomic E-state index is 12.1. The van der Waals surface area contributed by atoms with Gasteiger partial charge in [0.25, 0.3) is 0 Å². The lowest BCUT2D eigenvalue weighted by Crippen LogP contribution is -2.12. The molecular formula is C16H9ClN4O2. The summed E-state index contributed by atoms with van der Waals surface area (Å²) in [7, 11) is 0. The maximum atomic E-state index is 12.1. The molecule has 0 saturated carbocycles. The highest BCUT2D eigenvalue weighted by Crippen LogP contribution is 2.26. The van der Waals surface area contributed by atoms with E-state index in [1.54, 1.807) is 48.5 Å². The van der Waals surface area contributed by atoms with E-state index < -0.39 is 5.91 Å². The van der Waals surface area contributed by atoms with Gasteiger partial charge >= 0.3 is 11.8 Å². The van der Waals surface area contributed by atoms with Crippen LogP contribution in [0.1, 0.15) is 16.2 Å². The first-order valence-corrected chi connectivity index (χ1v) is 6.95. The zero-order valence-corrected chi connectivity index (χ0v) is 12.4. The number of rotatable bonds is 3. The van der Waals surface area contributed by atoms with Gasteiger partial charge in [0.05, 0.1) is 22.2 Å². The molecule has 1 amide bonds. The van der Waals surface area contributed by atoms with E-state index >= 15 is 0 Å². The van der Waals surface area contributed by atoms with Gasteiger partial charge in [0.2, 0.25) is 5.89 Å². The van der Waals surface area contributed by atoms with E-state index in [1.807, 2.05) is 6.07 Å². The van der Waals surface area contributed by atoms with E-state index in [0.717, 1.165) is 0 Å². The van der Waals surface area contributed by atoms with Gasteiger partial charge in [0.15, 0.2) is 0 Å². The summed E-state index contributed by atoms with van der Waals surface area (Å²) >= 11 is 6.05. The monoisotopic (exact) mass is 324 g/mol. The average molecular weight is 325 g/mol. The lowest BCUT2D eigenvalue weighted by molar-refractivity contribution is 0.0991. The zero-order valence-electron chi connectivity index (χ0n) is 11.7. The smallest absolute Gasteiger partial charge is 0.313 e. The van der Waals surface area contributed by atoms with Crippen LogP contribution >= 0.6 is 11.6 Å². The number of benzene rings is 2. The summed E-state index contributed by atoms with van der Waals surface area (Å²) in [4.78, 5) is 12.1. The summed E-state index contributed by atoms with van der Waals surface area (Å²) in [6, 6.07) is 15.4. The molecule has 0 atom stereocenters. The fourth-order valence-corrected chi connectivity index (χ4v) is 2.09. The number of hydrogen-bond donors (Lipinski definition) is 1. The highest BCUT2D eigenvalue weighted by Gasteiger charge is 2.17. The van der Waals surface area contributed by atoms with Crippen molar-refractivity contribution >= 4 is 23.2 Å². The zero-order chi connectivity index (χ0) is 16.2. The Morgan fingerprint density at radius 3 is 2.57 bits per heavy atom. The summed E-state index contributed by atoms with van der Waals surface area (Å²) in [5.74, 6) is -0.551. The standard InChI is InChI=1S/C16H9ClN4O2/c17-13-4-2-1-3-12(13)15-20-21-16(23-15)14(22)19-11-7-5-10(9-18)6-8-11/h1-8H,(H,19,22). The minimum Gasteiger partial charge on any atom is -0.412 e. The van der Waals surface area contributed by atoms with E-state index in [9.17, 15) is 4.79 Å². The van der Waals surface area contributed by atoms with Crippen LogP contribution in [-0.2, 0) is 0 Å². The molecule has 1 aromatic heterocycles. The van der Waals surface area contributed by atoms with Crippen LogP contribution in [0.25, 0.3) is 11.5 Å². The summed E-state index contributed by atoms with van der Waals surface area (Å²) < 4.78 is 5.36. The molecule has 2 aromatic carbocycles. The third-order valence-electron chi connectivity index (χ3n) is 3.00. The van der Waals surface area contributed by atoms with Crippen molar-refractivity contribution in [1.29, 1.82) is 5.26 Å². The molecule has 0 saturated heterocycles. The second kappa shape index (κ2) is 6.30. The number of anilines is 1. The first-order valence-electron chi connectivity index (χ1n) is 6.57. The van der Waals surface area contributed by atoms with Gasteiger partial charge in [-0.2, -0.15) is 5.26 Å². The number of hydrogen-bond acceptors (Lipinski definition) is 5. The molecule has 112 valence electrons. The van der Waals surface area contributed by atoms with E-state index in [0.29, 0.717) is 21.8 Å². The Morgan fingerprint density at radius 1 is 1.13 bits per heavy atom. The van der Waals surface area contributed by atoms with Crippen molar-refractivity contribution in [2.24, 2.45) is 0 Å². The van der Waals surface area contributed by atoms with Crippen LogP contribution < -0.4 is 5.32 Å². The predicted molar refractivity (Wildman–Crippen MR) is 83.9 cm³/mol. The number of amides is 1. The van der Waals surface area contributed by atoms with Crippen LogP contribution in [0, 0.1) is 11.3 Å². The van der Waals surface area contributed by atoms with Crippen LogP contribution in [0.15, 0.2) is 52.9 Å². The molecule has 3 aromatic rings. The van der Waals surface area contributed by atoms with Crippen molar-refractivity contribution in [3.8, 4) is 17.5 Å². The maximum Gasteiger partial charge on any atom is 0.313 e. The number of nitrogens with one attached hydrogen (secondary N) is 1. The predicted octanol–water partition coefficient (Wildman–Crippen LogP) is 3.51. The molecule has 0 aliphatic carbocycles. The lowest BCUT2D eigenvalue weighted by atomic mass is 10.2. The molecule has 0 aliphatic heterocycles. The molecule has 6 nitrogen and oxygen atoms in total. The number of carbonyl (C=O) groups excluding carboxylic acids is 1. The van der Waals surface area contributed by atoms with Gasteiger partial charge in [-0.3, -0.25) is 4.79 Å². The van der Waals surface area contributed by atoms with Crippen LogP contribution in [0.4, 0.5) is 5.69 Å². The number of nitriles is 1. The number of nitrogens with zero attached hydrogens (tertiary/aromatic N) is 3. The number of aromatic nitrogens is 2. The SMILES string of the molecule is N#Cc1ccc(NC(=O)c2nnc(-c3ccccc3Cl)o2)cc1. The third kappa shape index (κ3) is 3.20. The van der Waals surface area contributed by atoms with Crippen molar-refractivity contribution in [1.82, 2.24) is 10.2 Å². The van der Waals surface area contributed by atoms with Crippen molar-refractivity contribution in [3.05, 3.63) is 65.0 Å². The molecule has 1 N–H and O–H groups in total. The highest BCUT2D eigenvalue weighted by atomic mass is 35.5. The fourth-order valence-electron chi connectivity index (χ4n) is 1.87. The molecule has 1 heterocycles. The molecule has 0 spiro atoms. The fraction of sp³-hybridized carbons (Fsp3) is 0. The van der Waals surface area contributed by atoms with Crippen molar-refractivity contribution < 1.29 is 9.21 Å². The van der Waals surface area contributed by atoms with Crippen molar-refractivity contribution in [2.75, 3.05) is 5.32 Å². The Morgan fingerprint density at radius 2 is 1.87 bits per heavy atom. The van der Waals surface area contributed by atoms with Gasteiger partial charge in [-0.25, -0.2) is 0 Å². The van der Waals surface area contributed by atoms with E-state index in [4.69, 9.17) is 21.3 Å². The van der Waals surface area contributed by atoms with E-state index in [1.165, 1.54) is 0 Å². The molecule has 23 heavy (non-hydrogen) atoms. The third-order valence-corrected chi connectivity index (χ3v) is 3.32. The largest absolute Gasteiger partial charge is 0.412 e. The Hall–Kier alpha value is -3.17. The molecule has 0 fully saturated rings. The molecule has 7 heteroatoms. The van der Waals surface area contributed by atoms with Crippen molar-refractivity contribution in [3.63, 3.8) is 0 Å². The van der Waals surface area contributed by atoms with Gasteiger partial charge in [-0.15, -0.1) is 10.2 Å². The highest BCUT2D eigenvalue weighted by molar-refractivity contribution is 6.33. The molecule has 0 unspecified atom stereocenters. The Balaban J connectivity index is 1.78. The van der Waals surface area contributed by atoms with Crippen molar-refractivity contribution in [2.45, 2.75) is 0 Å². The molecular weight excluding hydrogens is 316 g/mol. The second-order valence-electron chi connectivity index (χ2n) is 4.54. The molecule has 3 rings (SSSR count). The first kappa shape index (κ1) is 14.8. The normalized spacial score (nSPS) is 10.1. The van der Waals surface area contributed by atoms with Gasteiger partial charge in [0.1, 0.15) is 0 Å². The minimum absolute atomic E-state index is 0.167. The molecule has 0 aliphatic rings. The summed E-state index contributed by atoms with van der Waals surface area (Å²) in [6.45, 7) is 0. The minimum atomic E-state index is -0.541. The summed E-state index contributed by atoms with van der Waals surface area (Å²) in [5, 5.41) is 19.4. The van der Waals surface area contributed by atoms with E-state index in [-0.39, 0.29) is 11.8 Å². The average Bonchev–Trinajstić information content (AvgIpc) is 3.06.